The molecule has 1 aromatic rings. The van der Waals surface area contributed by atoms with Gasteiger partial charge in [-0.05, 0) is 38.0 Å². The van der Waals surface area contributed by atoms with Crippen LogP contribution in [0.15, 0.2) is 22.7 Å². The molecule has 114 valence electrons. The van der Waals surface area contributed by atoms with Gasteiger partial charge in [-0.25, -0.2) is 9.59 Å². The summed E-state index contributed by atoms with van der Waals surface area (Å²) < 4.78 is 0.626. The van der Waals surface area contributed by atoms with Gasteiger partial charge < -0.3 is 15.3 Å². The average Bonchev–Trinajstić information content (AvgIpc) is 2.62. The summed E-state index contributed by atoms with van der Waals surface area (Å²) in [5.41, 5.74) is 0.631. The van der Waals surface area contributed by atoms with E-state index in [0.29, 0.717) is 10.2 Å². The number of anilines is 1. The zero-order valence-corrected chi connectivity index (χ0v) is 13.5. The second kappa shape index (κ2) is 6.93. The summed E-state index contributed by atoms with van der Waals surface area (Å²) in [7, 11) is 0. The van der Waals surface area contributed by atoms with Crippen LogP contribution < -0.4 is 5.32 Å². The fourth-order valence-electron chi connectivity index (χ4n) is 2.56. The van der Waals surface area contributed by atoms with Crippen LogP contribution in [0.5, 0.6) is 0 Å². The van der Waals surface area contributed by atoms with Gasteiger partial charge >= 0.3 is 12.0 Å². The molecule has 21 heavy (non-hydrogen) atoms. The van der Waals surface area contributed by atoms with Crippen LogP contribution in [0.2, 0.25) is 0 Å². The van der Waals surface area contributed by atoms with E-state index in [1.165, 1.54) is 12.1 Å². The van der Waals surface area contributed by atoms with Crippen molar-refractivity contribution in [2.24, 2.45) is 0 Å². The number of carbonyl (C=O) groups excluding carboxylic acids is 1. The van der Waals surface area contributed by atoms with Gasteiger partial charge in [0.15, 0.2) is 0 Å². The number of hydrogen-bond acceptors (Lipinski definition) is 2. The van der Waals surface area contributed by atoms with Crippen molar-refractivity contribution in [3.8, 4) is 0 Å². The highest BCUT2D eigenvalue weighted by Crippen LogP contribution is 2.22. The minimum atomic E-state index is -1.02. The van der Waals surface area contributed by atoms with Crippen LogP contribution in [0, 0.1) is 0 Å². The minimum Gasteiger partial charge on any atom is -0.478 e. The molecule has 1 atom stereocenters. The first-order valence-corrected chi connectivity index (χ1v) is 7.88. The highest BCUT2D eigenvalue weighted by molar-refractivity contribution is 9.10. The van der Waals surface area contributed by atoms with E-state index in [4.69, 9.17) is 5.11 Å². The van der Waals surface area contributed by atoms with Crippen molar-refractivity contribution >= 4 is 33.6 Å². The first kappa shape index (κ1) is 15.8. The Morgan fingerprint density at radius 1 is 1.29 bits per heavy atom. The number of likely N-dealkylation sites (tertiary alicyclic amines) is 1. The lowest BCUT2D eigenvalue weighted by atomic mass is 10.1. The highest BCUT2D eigenvalue weighted by atomic mass is 79.9. The summed E-state index contributed by atoms with van der Waals surface area (Å²) >= 11 is 3.26. The Hall–Kier alpha value is -1.56. The van der Waals surface area contributed by atoms with E-state index in [-0.39, 0.29) is 17.6 Å². The number of rotatable bonds is 2. The quantitative estimate of drug-likeness (QED) is 0.844. The van der Waals surface area contributed by atoms with E-state index in [1.54, 1.807) is 6.07 Å². The molecular weight excluding hydrogens is 336 g/mol. The van der Waals surface area contributed by atoms with Crippen molar-refractivity contribution in [2.45, 2.75) is 38.6 Å². The maximum atomic E-state index is 12.4. The number of aromatic carboxylic acids is 1. The molecule has 1 aliphatic heterocycles. The van der Waals surface area contributed by atoms with Gasteiger partial charge in [0, 0.05) is 22.7 Å². The van der Waals surface area contributed by atoms with Gasteiger partial charge in [0.05, 0.1) is 5.56 Å². The molecule has 1 fully saturated rings. The van der Waals surface area contributed by atoms with Crippen molar-refractivity contribution < 1.29 is 14.7 Å². The first-order chi connectivity index (χ1) is 9.97. The van der Waals surface area contributed by atoms with Gasteiger partial charge in [-0.1, -0.05) is 28.8 Å². The molecule has 1 aromatic carbocycles. The third-order valence-corrected chi connectivity index (χ3v) is 4.17. The summed E-state index contributed by atoms with van der Waals surface area (Å²) in [5.74, 6) is -1.02. The van der Waals surface area contributed by atoms with Gasteiger partial charge in [0.1, 0.15) is 0 Å². The summed E-state index contributed by atoms with van der Waals surface area (Å²) in [4.78, 5) is 25.2. The molecule has 1 heterocycles. The van der Waals surface area contributed by atoms with Crippen LogP contribution in [0.4, 0.5) is 10.5 Å². The normalized spacial score (nSPS) is 19.0. The Kier molecular flexibility index (Phi) is 5.22. The Morgan fingerprint density at radius 3 is 2.76 bits per heavy atom. The molecule has 0 bridgehead atoms. The van der Waals surface area contributed by atoms with Crippen LogP contribution in [-0.2, 0) is 0 Å². The molecular formula is C15H19BrN2O3. The molecule has 0 spiro atoms. The van der Waals surface area contributed by atoms with Crippen LogP contribution in [0.25, 0.3) is 0 Å². The lowest BCUT2D eigenvalue weighted by Gasteiger charge is -2.27. The predicted molar refractivity (Wildman–Crippen MR) is 84.8 cm³/mol. The molecule has 0 radical (unpaired) electrons. The number of halogens is 1. The zero-order valence-electron chi connectivity index (χ0n) is 11.9. The first-order valence-electron chi connectivity index (χ1n) is 7.09. The molecule has 2 N–H and O–H groups in total. The van der Waals surface area contributed by atoms with E-state index in [9.17, 15) is 9.59 Å². The number of carboxylic acid groups (broad SMARTS) is 1. The molecule has 0 aliphatic carbocycles. The van der Waals surface area contributed by atoms with Crippen LogP contribution in [-0.4, -0.2) is 34.6 Å². The fraction of sp³-hybridized carbons (Fsp3) is 0.467. The molecule has 2 amide bonds. The highest BCUT2D eigenvalue weighted by Gasteiger charge is 2.22. The molecule has 6 heteroatoms. The summed E-state index contributed by atoms with van der Waals surface area (Å²) in [6.07, 6.45) is 4.31. The molecule has 1 aliphatic rings. The Morgan fingerprint density at radius 2 is 2.05 bits per heavy atom. The van der Waals surface area contributed by atoms with Crippen LogP contribution >= 0.6 is 15.9 Å². The predicted octanol–water partition coefficient (Wildman–Crippen LogP) is 3.94. The topological polar surface area (TPSA) is 69.6 Å². The number of benzene rings is 1. The van der Waals surface area contributed by atoms with Crippen molar-refractivity contribution in [1.82, 2.24) is 4.90 Å². The largest absolute Gasteiger partial charge is 0.478 e. The number of urea groups is 1. The van der Waals surface area contributed by atoms with E-state index >= 15 is 0 Å². The SMILES string of the molecule is CC1CCCCCN1C(=O)Nc1cc(Br)cc(C(=O)O)c1. The molecule has 0 saturated carbocycles. The van der Waals surface area contributed by atoms with Gasteiger partial charge in [0.25, 0.3) is 0 Å². The maximum absolute atomic E-state index is 12.4. The van der Waals surface area contributed by atoms with E-state index in [1.807, 2.05) is 4.90 Å². The third kappa shape index (κ3) is 4.20. The fourth-order valence-corrected chi connectivity index (χ4v) is 3.05. The molecule has 0 aromatic heterocycles. The van der Waals surface area contributed by atoms with Crippen molar-refractivity contribution in [3.05, 3.63) is 28.2 Å². The van der Waals surface area contributed by atoms with Crippen molar-refractivity contribution in [1.29, 1.82) is 0 Å². The Bertz CT molecular complexity index is 548. The molecule has 2 rings (SSSR count). The second-order valence-corrected chi connectivity index (χ2v) is 6.27. The number of carboxylic acids is 1. The van der Waals surface area contributed by atoms with E-state index < -0.39 is 5.97 Å². The van der Waals surface area contributed by atoms with Crippen molar-refractivity contribution in [2.75, 3.05) is 11.9 Å². The average molecular weight is 355 g/mol. The van der Waals surface area contributed by atoms with Gasteiger partial charge in [-0.3, -0.25) is 0 Å². The standard InChI is InChI=1S/C15H19BrN2O3/c1-10-5-3-2-4-6-18(10)15(21)17-13-8-11(14(19)20)7-12(16)9-13/h7-10H,2-6H2,1H3,(H,17,21)(H,19,20). The van der Waals surface area contributed by atoms with E-state index in [2.05, 4.69) is 28.2 Å². The molecule has 5 nitrogen and oxygen atoms in total. The van der Waals surface area contributed by atoms with Crippen LogP contribution in [0.3, 0.4) is 0 Å². The molecule has 1 saturated heterocycles. The van der Waals surface area contributed by atoms with Crippen LogP contribution in [0.1, 0.15) is 43.0 Å². The minimum absolute atomic E-state index is 0.142. The lowest BCUT2D eigenvalue weighted by molar-refractivity contribution is 0.0696. The number of nitrogens with one attached hydrogen (secondary N) is 1. The Balaban J connectivity index is 2.13. The maximum Gasteiger partial charge on any atom is 0.335 e. The number of hydrogen-bond donors (Lipinski definition) is 2. The monoisotopic (exact) mass is 354 g/mol. The number of carbonyl (C=O) groups is 2. The smallest absolute Gasteiger partial charge is 0.335 e. The lowest BCUT2D eigenvalue weighted by Crippen LogP contribution is -2.41. The molecule has 1 unspecified atom stereocenters. The zero-order chi connectivity index (χ0) is 15.4. The summed E-state index contributed by atoms with van der Waals surface area (Å²) in [6, 6.07) is 4.71. The summed E-state index contributed by atoms with van der Waals surface area (Å²) in [5, 5.41) is 11.9. The Labute approximate surface area is 132 Å². The van der Waals surface area contributed by atoms with Gasteiger partial charge in [-0.2, -0.15) is 0 Å². The van der Waals surface area contributed by atoms with E-state index in [0.717, 1.165) is 32.2 Å². The van der Waals surface area contributed by atoms with Crippen molar-refractivity contribution in [3.63, 3.8) is 0 Å². The second-order valence-electron chi connectivity index (χ2n) is 5.36. The number of amides is 2. The number of nitrogens with zero attached hydrogens (tertiary/aromatic N) is 1. The summed E-state index contributed by atoms with van der Waals surface area (Å²) in [6.45, 7) is 2.79. The van der Waals surface area contributed by atoms with Gasteiger partial charge in [-0.15, -0.1) is 0 Å². The van der Waals surface area contributed by atoms with Gasteiger partial charge in [0.2, 0.25) is 0 Å². The third-order valence-electron chi connectivity index (χ3n) is 3.71.